The van der Waals surface area contributed by atoms with Gasteiger partial charge in [0.25, 0.3) is 0 Å². The number of carboxylic acid groups (broad SMARTS) is 1. The Morgan fingerprint density at radius 1 is 1.46 bits per heavy atom. The highest BCUT2D eigenvalue weighted by Crippen LogP contribution is 2.32. The van der Waals surface area contributed by atoms with E-state index in [1.54, 1.807) is 0 Å². The first kappa shape index (κ1) is 10.3. The largest absolute Gasteiger partial charge is 0.478 e. The van der Waals surface area contributed by atoms with Gasteiger partial charge in [-0.25, -0.2) is 4.79 Å². The fraction of sp³-hybridized carbons (Fsp3) is 0.727. The lowest BCUT2D eigenvalue weighted by Gasteiger charge is -2.26. The van der Waals surface area contributed by atoms with Crippen molar-refractivity contribution in [3.05, 3.63) is 11.6 Å². The van der Waals surface area contributed by atoms with Crippen LogP contribution in [-0.2, 0) is 4.79 Å². The summed E-state index contributed by atoms with van der Waals surface area (Å²) in [7, 11) is 0. The van der Waals surface area contributed by atoms with Crippen LogP contribution in [-0.4, -0.2) is 11.1 Å². The summed E-state index contributed by atoms with van der Waals surface area (Å²) in [5, 5.41) is 8.56. The highest BCUT2D eigenvalue weighted by Gasteiger charge is 2.19. The average Bonchev–Trinajstić information content (AvgIpc) is 2.04. The summed E-state index contributed by atoms with van der Waals surface area (Å²) in [6.45, 7) is 4.49. The van der Waals surface area contributed by atoms with Gasteiger partial charge in [0.2, 0.25) is 0 Å². The molecule has 0 heterocycles. The van der Waals surface area contributed by atoms with Crippen LogP contribution in [0, 0.1) is 11.8 Å². The first-order valence-corrected chi connectivity index (χ1v) is 5.02. The van der Waals surface area contributed by atoms with Crippen LogP contribution in [0.4, 0.5) is 0 Å². The molecule has 0 aromatic carbocycles. The predicted molar refractivity (Wildman–Crippen MR) is 52.5 cm³/mol. The van der Waals surface area contributed by atoms with E-state index in [9.17, 15) is 4.79 Å². The molecule has 2 heteroatoms. The summed E-state index contributed by atoms with van der Waals surface area (Å²) >= 11 is 0. The molecular formula is C11H18O2. The molecule has 0 aliphatic heterocycles. The molecule has 1 fully saturated rings. The molecule has 0 atom stereocenters. The fourth-order valence-corrected chi connectivity index (χ4v) is 2.00. The highest BCUT2D eigenvalue weighted by atomic mass is 16.4. The molecule has 74 valence electrons. The molecule has 1 aliphatic rings. The van der Waals surface area contributed by atoms with Crippen LogP contribution >= 0.6 is 0 Å². The van der Waals surface area contributed by atoms with Gasteiger partial charge in [-0.2, -0.15) is 0 Å². The van der Waals surface area contributed by atoms with Gasteiger partial charge >= 0.3 is 5.97 Å². The molecule has 0 radical (unpaired) electrons. The lowest BCUT2D eigenvalue weighted by atomic mass is 9.79. The lowest BCUT2D eigenvalue weighted by molar-refractivity contribution is -0.131. The predicted octanol–water partition coefficient (Wildman–Crippen LogP) is 2.84. The van der Waals surface area contributed by atoms with Gasteiger partial charge in [0.1, 0.15) is 0 Å². The number of rotatable bonds is 2. The van der Waals surface area contributed by atoms with Gasteiger partial charge < -0.3 is 5.11 Å². The van der Waals surface area contributed by atoms with Gasteiger partial charge in [0.05, 0.1) is 0 Å². The molecule has 0 aromatic rings. The average molecular weight is 182 g/mol. The van der Waals surface area contributed by atoms with Crippen LogP contribution in [0.5, 0.6) is 0 Å². The molecular weight excluding hydrogens is 164 g/mol. The Bertz CT molecular complexity index is 206. The molecule has 2 nitrogen and oxygen atoms in total. The highest BCUT2D eigenvalue weighted by molar-refractivity contribution is 5.80. The second-order valence-electron chi connectivity index (χ2n) is 4.22. The van der Waals surface area contributed by atoms with E-state index < -0.39 is 5.97 Å². The zero-order chi connectivity index (χ0) is 9.84. The molecule has 0 amide bonds. The SMILES string of the molecule is CC(C)C1CCC(=CC(=O)O)CC1. The Morgan fingerprint density at radius 2 is 2.00 bits per heavy atom. The Kier molecular flexibility index (Phi) is 3.52. The summed E-state index contributed by atoms with van der Waals surface area (Å²) in [5.41, 5.74) is 1.12. The van der Waals surface area contributed by atoms with E-state index in [1.807, 2.05) is 0 Å². The first-order valence-electron chi connectivity index (χ1n) is 5.02. The van der Waals surface area contributed by atoms with Crippen LogP contribution in [0.3, 0.4) is 0 Å². The van der Waals surface area contributed by atoms with E-state index in [1.165, 1.54) is 6.08 Å². The normalized spacial score (nSPS) is 23.3. The third-order valence-electron chi connectivity index (χ3n) is 2.94. The van der Waals surface area contributed by atoms with Crippen LogP contribution in [0.2, 0.25) is 0 Å². The van der Waals surface area contributed by atoms with Crippen molar-refractivity contribution in [2.75, 3.05) is 0 Å². The molecule has 1 aliphatic carbocycles. The topological polar surface area (TPSA) is 37.3 Å². The Morgan fingerprint density at radius 3 is 2.38 bits per heavy atom. The van der Waals surface area contributed by atoms with E-state index in [4.69, 9.17) is 5.11 Å². The first-order chi connectivity index (χ1) is 6.09. The Hall–Kier alpha value is -0.790. The number of allylic oxidation sites excluding steroid dienone is 1. The van der Waals surface area contributed by atoms with Gasteiger partial charge in [-0.15, -0.1) is 0 Å². The minimum Gasteiger partial charge on any atom is -0.478 e. The van der Waals surface area contributed by atoms with Crippen molar-refractivity contribution < 1.29 is 9.90 Å². The molecule has 13 heavy (non-hydrogen) atoms. The third-order valence-corrected chi connectivity index (χ3v) is 2.94. The Balaban J connectivity index is 2.43. The van der Waals surface area contributed by atoms with Crippen LogP contribution in [0.25, 0.3) is 0 Å². The van der Waals surface area contributed by atoms with Gasteiger partial charge in [-0.05, 0) is 37.5 Å². The zero-order valence-electron chi connectivity index (χ0n) is 8.42. The zero-order valence-corrected chi connectivity index (χ0v) is 8.42. The summed E-state index contributed by atoms with van der Waals surface area (Å²) in [6.07, 6.45) is 5.68. The quantitative estimate of drug-likeness (QED) is 0.667. The maximum Gasteiger partial charge on any atom is 0.328 e. The maximum absolute atomic E-state index is 10.4. The molecule has 0 saturated heterocycles. The second-order valence-corrected chi connectivity index (χ2v) is 4.22. The van der Waals surface area contributed by atoms with Gasteiger partial charge in [0.15, 0.2) is 0 Å². The van der Waals surface area contributed by atoms with Gasteiger partial charge in [-0.3, -0.25) is 0 Å². The van der Waals surface area contributed by atoms with Crippen molar-refractivity contribution in [1.29, 1.82) is 0 Å². The van der Waals surface area contributed by atoms with E-state index in [0.717, 1.165) is 43.1 Å². The van der Waals surface area contributed by atoms with Gasteiger partial charge in [-0.1, -0.05) is 19.4 Å². The van der Waals surface area contributed by atoms with E-state index in [2.05, 4.69) is 13.8 Å². The molecule has 0 unspecified atom stereocenters. The molecule has 1 rings (SSSR count). The van der Waals surface area contributed by atoms with Crippen molar-refractivity contribution in [2.45, 2.75) is 39.5 Å². The van der Waals surface area contributed by atoms with E-state index in [0.29, 0.717) is 0 Å². The Labute approximate surface area is 79.6 Å². The lowest BCUT2D eigenvalue weighted by Crippen LogP contribution is -2.14. The summed E-state index contributed by atoms with van der Waals surface area (Å²) in [6, 6.07) is 0. The molecule has 0 spiro atoms. The summed E-state index contributed by atoms with van der Waals surface area (Å²) in [5.74, 6) is 0.746. The third kappa shape index (κ3) is 3.21. The minimum atomic E-state index is -0.794. The van der Waals surface area contributed by atoms with Crippen molar-refractivity contribution in [3.63, 3.8) is 0 Å². The number of aliphatic carboxylic acids is 1. The number of carbonyl (C=O) groups is 1. The fourth-order valence-electron chi connectivity index (χ4n) is 2.00. The van der Waals surface area contributed by atoms with E-state index in [-0.39, 0.29) is 0 Å². The van der Waals surface area contributed by atoms with Crippen molar-refractivity contribution in [3.8, 4) is 0 Å². The smallest absolute Gasteiger partial charge is 0.328 e. The molecule has 1 saturated carbocycles. The second kappa shape index (κ2) is 4.45. The van der Waals surface area contributed by atoms with Crippen LogP contribution < -0.4 is 0 Å². The van der Waals surface area contributed by atoms with Crippen LogP contribution in [0.15, 0.2) is 11.6 Å². The molecule has 0 bridgehead atoms. The standard InChI is InChI=1S/C11H18O2/c1-8(2)10-5-3-9(4-6-10)7-11(12)13/h7-8,10H,3-6H2,1-2H3,(H,12,13). The summed E-state index contributed by atoms with van der Waals surface area (Å²) in [4.78, 5) is 10.4. The molecule has 1 N–H and O–H groups in total. The van der Waals surface area contributed by atoms with Gasteiger partial charge in [0, 0.05) is 6.08 Å². The van der Waals surface area contributed by atoms with Crippen molar-refractivity contribution >= 4 is 5.97 Å². The van der Waals surface area contributed by atoms with E-state index >= 15 is 0 Å². The number of carboxylic acids is 1. The van der Waals surface area contributed by atoms with Crippen molar-refractivity contribution in [2.24, 2.45) is 11.8 Å². The van der Waals surface area contributed by atoms with Crippen molar-refractivity contribution in [1.82, 2.24) is 0 Å². The summed E-state index contributed by atoms with van der Waals surface area (Å²) < 4.78 is 0. The number of hydrogen-bond acceptors (Lipinski definition) is 1. The molecule has 0 aromatic heterocycles. The monoisotopic (exact) mass is 182 g/mol. The maximum atomic E-state index is 10.4. The minimum absolute atomic E-state index is 0.742. The number of hydrogen-bond donors (Lipinski definition) is 1. The van der Waals surface area contributed by atoms with Crippen LogP contribution in [0.1, 0.15) is 39.5 Å².